The normalized spacial score (nSPS) is 17.6. The summed E-state index contributed by atoms with van der Waals surface area (Å²) < 4.78 is 55.7. The average molecular weight is 511 g/mol. The van der Waals surface area contributed by atoms with Gasteiger partial charge in [-0.15, -0.1) is 0 Å². The second-order valence-corrected chi connectivity index (χ2v) is 10.0. The molecular formula is C32H37F3O2. The molecule has 1 aliphatic heterocycles. The smallest absolute Gasteiger partial charge is 0.201 e. The molecular weight excluding hydrogens is 473 g/mol. The predicted octanol–water partition coefficient (Wildman–Crippen LogP) is 9.66. The van der Waals surface area contributed by atoms with E-state index in [1.165, 1.54) is 43.9 Å². The van der Waals surface area contributed by atoms with Crippen molar-refractivity contribution in [1.82, 2.24) is 0 Å². The van der Waals surface area contributed by atoms with Crippen molar-refractivity contribution in [3.8, 4) is 28.0 Å². The predicted molar refractivity (Wildman–Crippen MR) is 143 cm³/mol. The molecule has 0 N–H and O–H groups in total. The Hall–Kier alpha value is -2.79. The molecule has 0 aromatic heterocycles. The van der Waals surface area contributed by atoms with Gasteiger partial charge in [0.05, 0.1) is 19.3 Å². The lowest BCUT2D eigenvalue weighted by Gasteiger charge is -2.29. The lowest BCUT2D eigenvalue weighted by molar-refractivity contribution is -0.0215. The molecule has 0 saturated carbocycles. The van der Waals surface area contributed by atoms with Gasteiger partial charge in [0.1, 0.15) is 5.82 Å². The first-order chi connectivity index (χ1) is 18.0. The van der Waals surface area contributed by atoms with Crippen molar-refractivity contribution in [2.75, 3.05) is 13.2 Å². The molecule has 198 valence electrons. The summed E-state index contributed by atoms with van der Waals surface area (Å²) in [5.41, 5.74) is 2.84. The van der Waals surface area contributed by atoms with E-state index in [4.69, 9.17) is 9.47 Å². The fourth-order valence-electron chi connectivity index (χ4n) is 4.96. The van der Waals surface area contributed by atoms with Crippen LogP contribution < -0.4 is 4.74 Å². The van der Waals surface area contributed by atoms with Gasteiger partial charge >= 0.3 is 0 Å². The highest BCUT2D eigenvalue weighted by Gasteiger charge is 2.25. The van der Waals surface area contributed by atoms with Crippen molar-refractivity contribution >= 4 is 0 Å². The van der Waals surface area contributed by atoms with Crippen LogP contribution in [0.4, 0.5) is 13.2 Å². The van der Waals surface area contributed by atoms with E-state index in [2.05, 4.69) is 6.92 Å². The SMILES string of the molecule is CCCCCC1CCC(c2ccc(-c3ccc(-c4ccc(OCCCC)c(F)c4F)cc3)cc2F)OC1. The fourth-order valence-corrected chi connectivity index (χ4v) is 4.96. The van der Waals surface area contributed by atoms with Crippen LogP contribution in [0.5, 0.6) is 5.75 Å². The largest absolute Gasteiger partial charge is 0.490 e. The number of ether oxygens (including phenoxy) is 2. The summed E-state index contributed by atoms with van der Waals surface area (Å²) in [6.45, 7) is 5.26. The third kappa shape index (κ3) is 6.75. The summed E-state index contributed by atoms with van der Waals surface area (Å²) in [5.74, 6) is -1.69. The van der Waals surface area contributed by atoms with Crippen molar-refractivity contribution < 1.29 is 22.6 Å². The monoisotopic (exact) mass is 510 g/mol. The van der Waals surface area contributed by atoms with E-state index in [1.54, 1.807) is 24.3 Å². The van der Waals surface area contributed by atoms with Crippen molar-refractivity contribution in [2.45, 2.75) is 71.3 Å². The molecule has 37 heavy (non-hydrogen) atoms. The number of unbranched alkanes of at least 4 members (excludes halogenated alkanes) is 3. The van der Waals surface area contributed by atoms with E-state index in [0.29, 0.717) is 30.3 Å². The first-order valence-corrected chi connectivity index (χ1v) is 13.6. The Morgan fingerprint density at radius 3 is 2.19 bits per heavy atom. The molecule has 1 fully saturated rings. The summed E-state index contributed by atoms with van der Waals surface area (Å²) >= 11 is 0. The van der Waals surface area contributed by atoms with Crippen molar-refractivity contribution in [3.63, 3.8) is 0 Å². The minimum Gasteiger partial charge on any atom is -0.490 e. The molecule has 2 unspecified atom stereocenters. The molecule has 5 heteroatoms. The lowest BCUT2D eigenvalue weighted by atomic mass is 9.90. The molecule has 4 rings (SSSR count). The van der Waals surface area contributed by atoms with Crippen LogP contribution in [-0.2, 0) is 4.74 Å². The molecule has 2 atom stereocenters. The van der Waals surface area contributed by atoms with Gasteiger partial charge in [-0.2, -0.15) is 4.39 Å². The van der Waals surface area contributed by atoms with Gasteiger partial charge in [-0.05, 0) is 66.5 Å². The zero-order valence-electron chi connectivity index (χ0n) is 21.9. The highest BCUT2D eigenvalue weighted by molar-refractivity contribution is 5.71. The minimum atomic E-state index is -0.979. The second-order valence-electron chi connectivity index (χ2n) is 10.0. The first-order valence-electron chi connectivity index (χ1n) is 13.6. The molecule has 3 aromatic carbocycles. The number of halogens is 3. The van der Waals surface area contributed by atoms with Gasteiger partial charge in [-0.25, -0.2) is 8.78 Å². The Balaban J connectivity index is 1.42. The van der Waals surface area contributed by atoms with Crippen LogP contribution in [0.2, 0.25) is 0 Å². The summed E-state index contributed by atoms with van der Waals surface area (Å²) in [6.07, 6.45) is 8.28. The van der Waals surface area contributed by atoms with Gasteiger partial charge in [-0.3, -0.25) is 0 Å². The van der Waals surface area contributed by atoms with Crippen LogP contribution in [0.3, 0.4) is 0 Å². The molecule has 0 aliphatic carbocycles. The molecule has 1 heterocycles. The number of hydrogen-bond donors (Lipinski definition) is 0. The van der Waals surface area contributed by atoms with E-state index < -0.39 is 11.6 Å². The Morgan fingerprint density at radius 2 is 1.51 bits per heavy atom. The van der Waals surface area contributed by atoms with Crippen molar-refractivity contribution in [3.05, 3.63) is 77.6 Å². The lowest BCUT2D eigenvalue weighted by Crippen LogP contribution is -2.21. The Kier molecular flexibility index (Phi) is 9.68. The summed E-state index contributed by atoms with van der Waals surface area (Å²) in [4.78, 5) is 0. The quantitative estimate of drug-likeness (QED) is 0.239. The maximum atomic E-state index is 15.1. The van der Waals surface area contributed by atoms with Gasteiger partial charge in [0.2, 0.25) is 5.82 Å². The van der Waals surface area contributed by atoms with Gasteiger partial charge < -0.3 is 9.47 Å². The first kappa shape index (κ1) is 27.3. The minimum absolute atomic E-state index is 0.0733. The molecule has 0 bridgehead atoms. The third-order valence-corrected chi connectivity index (χ3v) is 7.27. The zero-order valence-corrected chi connectivity index (χ0v) is 21.9. The third-order valence-electron chi connectivity index (χ3n) is 7.27. The standard InChI is InChI=1S/C32H37F3O2/c1-3-5-7-8-22-9-17-29(37-21-22)27-15-14-25(20-28(27)33)23-10-12-24(13-11-23)26-16-18-30(32(35)31(26)34)36-19-6-4-2/h10-16,18,20,22,29H,3-9,17,19,21H2,1-2H3. The van der Waals surface area contributed by atoms with E-state index in [0.717, 1.165) is 36.8 Å². The summed E-state index contributed by atoms with van der Waals surface area (Å²) in [6, 6.07) is 15.3. The summed E-state index contributed by atoms with van der Waals surface area (Å²) in [7, 11) is 0. The van der Waals surface area contributed by atoms with Crippen molar-refractivity contribution in [2.24, 2.45) is 5.92 Å². The van der Waals surface area contributed by atoms with Crippen LogP contribution in [0, 0.1) is 23.4 Å². The van der Waals surface area contributed by atoms with Crippen LogP contribution in [0.25, 0.3) is 22.3 Å². The van der Waals surface area contributed by atoms with Crippen molar-refractivity contribution in [1.29, 1.82) is 0 Å². The topological polar surface area (TPSA) is 18.5 Å². The molecule has 1 aliphatic rings. The Labute approximate surface area is 218 Å². The Morgan fingerprint density at radius 1 is 0.784 bits per heavy atom. The van der Waals surface area contributed by atoms with E-state index >= 15 is 4.39 Å². The van der Waals surface area contributed by atoms with Crippen LogP contribution in [-0.4, -0.2) is 13.2 Å². The number of benzene rings is 3. The van der Waals surface area contributed by atoms with Gasteiger partial charge in [0, 0.05) is 11.1 Å². The maximum Gasteiger partial charge on any atom is 0.201 e. The summed E-state index contributed by atoms with van der Waals surface area (Å²) in [5, 5.41) is 0. The Bertz CT molecular complexity index is 1150. The van der Waals surface area contributed by atoms with Gasteiger partial charge in [-0.1, -0.05) is 75.9 Å². The maximum absolute atomic E-state index is 15.1. The van der Waals surface area contributed by atoms with E-state index in [9.17, 15) is 8.78 Å². The average Bonchev–Trinajstić information content (AvgIpc) is 2.92. The second kappa shape index (κ2) is 13.1. The van der Waals surface area contributed by atoms with E-state index in [-0.39, 0.29) is 23.2 Å². The molecule has 3 aromatic rings. The van der Waals surface area contributed by atoms with Gasteiger partial charge in [0.15, 0.2) is 11.6 Å². The zero-order chi connectivity index (χ0) is 26.2. The molecule has 0 radical (unpaired) electrons. The van der Waals surface area contributed by atoms with E-state index in [1.807, 2.05) is 19.1 Å². The molecule has 0 amide bonds. The number of rotatable bonds is 11. The molecule has 1 saturated heterocycles. The molecule has 0 spiro atoms. The van der Waals surface area contributed by atoms with Crippen LogP contribution >= 0.6 is 0 Å². The highest BCUT2D eigenvalue weighted by atomic mass is 19.2. The fraction of sp³-hybridized carbons (Fsp3) is 0.438. The van der Waals surface area contributed by atoms with Crippen LogP contribution in [0.15, 0.2) is 54.6 Å². The van der Waals surface area contributed by atoms with Gasteiger partial charge in [0.25, 0.3) is 0 Å². The number of hydrogen-bond acceptors (Lipinski definition) is 2. The highest BCUT2D eigenvalue weighted by Crippen LogP contribution is 2.36. The van der Waals surface area contributed by atoms with Crippen LogP contribution in [0.1, 0.15) is 76.9 Å². The molecule has 2 nitrogen and oxygen atoms in total.